The molecule has 3 N–H and O–H groups in total. The number of piperidine rings is 1. The van der Waals surface area contributed by atoms with Gasteiger partial charge < -0.3 is 25.4 Å². The summed E-state index contributed by atoms with van der Waals surface area (Å²) < 4.78 is 10.1. The highest BCUT2D eigenvalue weighted by atomic mass is 16.5. The van der Waals surface area contributed by atoms with Crippen LogP contribution in [0.1, 0.15) is 35.2 Å². The van der Waals surface area contributed by atoms with Crippen molar-refractivity contribution in [3.8, 4) is 5.75 Å². The molecule has 0 bridgehead atoms. The van der Waals surface area contributed by atoms with Crippen LogP contribution in [0.25, 0.3) is 0 Å². The third kappa shape index (κ3) is 5.60. The number of hydrogen-bond donors (Lipinski definition) is 2. The monoisotopic (exact) mass is 376 g/mol. The van der Waals surface area contributed by atoms with Gasteiger partial charge in [0.05, 0.1) is 14.2 Å². The Hall–Kier alpha value is -2.77. The normalized spacial score (nSPS) is 17.4. The Morgan fingerprint density at radius 1 is 1.37 bits per heavy atom. The van der Waals surface area contributed by atoms with Crippen molar-refractivity contribution in [2.45, 2.75) is 25.8 Å². The molecule has 148 valence electrons. The molecule has 0 aliphatic carbocycles. The molecule has 8 nitrogen and oxygen atoms in total. The lowest BCUT2D eigenvalue weighted by molar-refractivity contribution is -0.119. The Labute approximate surface area is 159 Å². The molecule has 1 fully saturated rings. The van der Waals surface area contributed by atoms with Gasteiger partial charge in [0.1, 0.15) is 11.3 Å². The fraction of sp³-hybridized carbons (Fsp3) is 0.526. The summed E-state index contributed by atoms with van der Waals surface area (Å²) >= 11 is 0. The number of nitrogens with two attached hydrogens (primary N) is 1. The Morgan fingerprint density at radius 3 is 2.78 bits per heavy atom. The summed E-state index contributed by atoms with van der Waals surface area (Å²) in [5.74, 6) is 0.809. The minimum Gasteiger partial charge on any atom is -0.496 e. The van der Waals surface area contributed by atoms with E-state index in [1.165, 1.54) is 14.2 Å². The van der Waals surface area contributed by atoms with Gasteiger partial charge in [-0.1, -0.05) is 6.07 Å². The van der Waals surface area contributed by atoms with E-state index in [9.17, 15) is 9.59 Å². The van der Waals surface area contributed by atoms with Crippen LogP contribution in [0.5, 0.6) is 5.75 Å². The number of amides is 1. The van der Waals surface area contributed by atoms with Gasteiger partial charge in [-0.15, -0.1) is 0 Å². The van der Waals surface area contributed by atoms with Crippen molar-refractivity contribution in [1.29, 1.82) is 0 Å². The lowest BCUT2D eigenvalue weighted by Crippen LogP contribution is -2.46. The number of hydrogen-bond acceptors (Lipinski definition) is 5. The smallest absolute Gasteiger partial charge is 0.341 e. The SMILES string of the molecule is CN=C(NCc1ccc(C(=O)OC)c(OC)c1)N1CCCC(CC(N)=O)C1. The van der Waals surface area contributed by atoms with E-state index in [-0.39, 0.29) is 11.8 Å². The van der Waals surface area contributed by atoms with Crippen molar-refractivity contribution in [3.63, 3.8) is 0 Å². The maximum Gasteiger partial charge on any atom is 0.341 e. The van der Waals surface area contributed by atoms with E-state index < -0.39 is 5.97 Å². The standard InChI is InChI=1S/C19H28N4O4/c1-21-19(23-8-4-5-14(12-23)10-17(20)24)22-11-13-6-7-15(18(25)27-3)16(9-13)26-2/h6-7,9,14H,4-5,8,10-12H2,1-3H3,(H2,20,24)(H,21,22). The minimum atomic E-state index is -0.434. The molecule has 8 heteroatoms. The molecule has 1 aliphatic heterocycles. The van der Waals surface area contributed by atoms with Crippen molar-refractivity contribution in [2.24, 2.45) is 16.6 Å². The molecule has 1 aromatic carbocycles. The van der Waals surface area contributed by atoms with Crippen LogP contribution >= 0.6 is 0 Å². The number of ether oxygens (including phenoxy) is 2. The highest BCUT2D eigenvalue weighted by molar-refractivity contribution is 5.92. The summed E-state index contributed by atoms with van der Waals surface area (Å²) in [6, 6.07) is 5.34. The van der Waals surface area contributed by atoms with Gasteiger partial charge in [-0.2, -0.15) is 0 Å². The van der Waals surface area contributed by atoms with Gasteiger partial charge in [-0.05, 0) is 36.5 Å². The average Bonchev–Trinajstić information content (AvgIpc) is 2.67. The van der Waals surface area contributed by atoms with Crippen molar-refractivity contribution in [3.05, 3.63) is 29.3 Å². The largest absolute Gasteiger partial charge is 0.496 e. The molecule has 27 heavy (non-hydrogen) atoms. The average molecular weight is 376 g/mol. The molecular formula is C19H28N4O4. The van der Waals surface area contributed by atoms with Gasteiger partial charge in [0.25, 0.3) is 0 Å². The topological polar surface area (TPSA) is 106 Å². The first-order valence-electron chi connectivity index (χ1n) is 8.97. The third-order valence-electron chi connectivity index (χ3n) is 4.64. The van der Waals surface area contributed by atoms with Crippen LogP contribution in [0.4, 0.5) is 0 Å². The number of primary amides is 1. The van der Waals surface area contributed by atoms with Gasteiger partial charge >= 0.3 is 5.97 Å². The molecule has 2 rings (SSSR count). The number of carbonyl (C=O) groups excluding carboxylic acids is 2. The Bertz CT molecular complexity index is 705. The number of likely N-dealkylation sites (tertiary alicyclic amines) is 1. The van der Waals surface area contributed by atoms with Gasteiger partial charge in [-0.3, -0.25) is 9.79 Å². The number of carbonyl (C=O) groups is 2. The second kappa shape index (κ2) is 9.80. The van der Waals surface area contributed by atoms with Crippen LogP contribution in [0.2, 0.25) is 0 Å². The third-order valence-corrected chi connectivity index (χ3v) is 4.64. The van der Waals surface area contributed by atoms with E-state index in [4.69, 9.17) is 15.2 Å². The number of esters is 1. The van der Waals surface area contributed by atoms with E-state index >= 15 is 0 Å². The first-order chi connectivity index (χ1) is 13.0. The summed E-state index contributed by atoms with van der Waals surface area (Å²) in [5, 5.41) is 3.33. The summed E-state index contributed by atoms with van der Waals surface area (Å²) in [6.07, 6.45) is 2.41. The Morgan fingerprint density at radius 2 is 2.15 bits per heavy atom. The second-order valence-corrected chi connectivity index (χ2v) is 6.55. The number of aliphatic imine (C=N–C) groups is 1. The Balaban J connectivity index is 2.01. The van der Waals surface area contributed by atoms with Crippen LogP contribution in [-0.4, -0.2) is 57.1 Å². The van der Waals surface area contributed by atoms with E-state index in [2.05, 4.69) is 15.2 Å². The summed E-state index contributed by atoms with van der Waals surface area (Å²) in [4.78, 5) is 29.5. The van der Waals surface area contributed by atoms with E-state index in [0.29, 0.717) is 24.3 Å². The van der Waals surface area contributed by atoms with Crippen LogP contribution in [-0.2, 0) is 16.1 Å². The number of rotatable bonds is 6. The molecule has 0 aromatic heterocycles. The van der Waals surface area contributed by atoms with Crippen LogP contribution < -0.4 is 15.8 Å². The molecule has 1 saturated heterocycles. The molecule has 1 atom stereocenters. The van der Waals surface area contributed by atoms with Crippen LogP contribution in [0.15, 0.2) is 23.2 Å². The van der Waals surface area contributed by atoms with Gasteiger partial charge in [-0.25, -0.2) is 4.79 Å². The van der Waals surface area contributed by atoms with Crippen molar-refractivity contribution >= 4 is 17.8 Å². The van der Waals surface area contributed by atoms with E-state index in [1.807, 2.05) is 6.07 Å². The van der Waals surface area contributed by atoms with Crippen molar-refractivity contribution in [2.75, 3.05) is 34.4 Å². The zero-order valence-electron chi connectivity index (χ0n) is 16.2. The molecule has 0 spiro atoms. The molecule has 1 aromatic rings. The molecule has 1 heterocycles. The molecule has 0 radical (unpaired) electrons. The molecule has 1 aliphatic rings. The fourth-order valence-corrected chi connectivity index (χ4v) is 3.35. The summed E-state index contributed by atoms with van der Waals surface area (Å²) in [7, 11) is 4.59. The van der Waals surface area contributed by atoms with E-state index in [1.54, 1.807) is 19.2 Å². The quantitative estimate of drug-likeness (QED) is 0.438. The number of methoxy groups -OCH3 is 2. The van der Waals surface area contributed by atoms with E-state index in [0.717, 1.165) is 37.5 Å². The zero-order valence-corrected chi connectivity index (χ0v) is 16.2. The number of nitrogens with one attached hydrogen (secondary N) is 1. The predicted molar refractivity (Wildman–Crippen MR) is 103 cm³/mol. The van der Waals surface area contributed by atoms with Crippen molar-refractivity contribution < 1.29 is 19.1 Å². The number of nitrogens with zero attached hydrogens (tertiary/aromatic N) is 2. The van der Waals surface area contributed by atoms with Crippen LogP contribution in [0.3, 0.4) is 0 Å². The van der Waals surface area contributed by atoms with Gasteiger partial charge in [0, 0.05) is 33.1 Å². The maximum absolute atomic E-state index is 11.8. The number of guanidine groups is 1. The predicted octanol–water partition coefficient (Wildman–Crippen LogP) is 1.14. The van der Waals surface area contributed by atoms with Crippen molar-refractivity contribution in [1.82, 2.24) is 10.2 Å². The summed E-state index contributed by atoms with van der Waals surface area (Å²) in [5.41, 5.74) is 6.67. The first-order valence-corrected chi connectivity index (χ1v) is 8.97. The highest BCUT2D eigenvalue weighted by Crippen LogP contribution is 2.22. The van der Waals surface area contributed by atoms with Gasteiger partial charge in [0.2, 0.25) is 5.91 Å². The van der Waals surface area contributed by atoms with Gasteiger partial charge in [0.15, 0.2) is 5.96 Å². The summed E-state index contributed by atoms with van der Waals surface area (Å²) in [6.45, 7) is 2.17. The first kappa shape index (κ1) is 20.5. The Kier molecular flexibility index (Phi) is 7.45. The molecule has 1 unspecified atom stereocenters. The lowest BCUT2D eigenvalue weighted by atomic mass is 9.95. The van der Waals surface area contributed by atoms with Crippen LogP contribution in [0, 0.1) is 5.92 Å². The fourth-order valence-electron chi connectivity index (χ4n) is 3.35. The minimum absolute atomic E-state index is 0.259. The number of benzene rings is 1. The molecule has 0 saturated carbocycles. The maximum atomic E-state index is 11.8. The molecular weight excluding hydrogens is 348 g/mol. The molecule has 1 amide bonds. The highest BCUT2D eigenvalue weighted by Gasteiger charge is 2.23. The zero-order chi connectivity index (χ0) is 19.8. The lowest BCUT2D eigenvalue weighted by Gasteiger charge is -2.34. The second-order valence-electron chi connectivity index (χ2n) is 6.55.